The molecule has 0 radical (unpaired) electrons. The second kappa shape index (κ2) is 5.19. The van der Waals surface area contributed by atoms with E-state index in [0.717, 1.165) is 17.4 Å². The van der Waals surface area contributed by atoms with Crippen LogP contribution in [-0.2, 0) is 12.8 Å². The van der Waals surface area contributed by atoms with Gasteiger partial charge in [0.15, 0.2) is 0 Å². The molecule has 0 saturated heterocycles. The first-order valence-corrected chi connectivity index (χ1v) is 7.32. The molecule has 1 aromatic carbocycles. The lowest BCUT2D eigenvalue weighted by molar-refractivity contribution is 0.153. The van der Waals surface area contributed by atoms with Gasteiger partial charge in [-0.2, -0.15) is 0 Å². The molecule has 0 amide bonds. The predicted octanol–water partition coefficient (Wildman–Crippen LogP) is 4.33. The van der Waals surface area contributed by atoms with Gasteiger partial charge in [-0.15, -0.1) is 11.3 Å². The van der Waals surface area contributed by atoms with E-state index in [9.17, 15) is 5.11 Å². The van der Waals surface area contributed by atoms with E-state index >= 15 is 0 Å². The standard InChI is InChI=1S/C16H16O2S/c1-2-12-7-8-13(19-12)10-14(17)16-9-11-5-3-4-6-15(11)18-16/h3-9,14,17H,2,10H2,1H3. The minimum atomic E-state index is -0.573. The molecule has 2 heterocycles. The number of aryl methyl sites for hydroxylation is 1. The number of aliphatic hydroxyl groups excluding tert-OH is 1. The summed E-state index contributed by atoms with van der Waals surface area (Å²) in [6.07, 6.45) is 1.09. The molecule has 98 valence electrons. The average Bonchev–Trinajstić information content (AvgIpc) is 3.04. The zero-order valence-corrected chi connectivity index (χ0v) is 11.6. The van der Waals surface area contributed by atoms with Crippen LogP contribution >= 0.6 is 11.3 Å². The predicted molar refractivity (Wildman–Crippen MR) is 78.6 cm³/mol. The van der Waals surface area contributed by atoms with Crippen molar-refractivity contribution in [3.8, 4) is 0 Å². The van der Waals surface area contributed by atoms with Gasteiger partial charge in [-0.3, -0.25) is 0 Å². The van der Waals surface area contributed by atoms with E-state index in [4.69, 9.17) is 4.42 Å². The topological polar surface area (TPSA) is 33.4 Å². The van der Waals surface area contributed by atoms with Gasteiger partial charge in [-0.1, -0.05) is 25.1 Å². The number of thiophene rings is 1. The molecule has 3 heteroatoms. The Balaban J connectivity index is 1.81. The Labute approximate surface area is 116 Å². The van der Waals surface area contributed by atoms with Crippen LogP contribution in [0.25, 0.3) is 11.0 Å². The summed E-state index contributed by atoms with van der Waals surface area (Å²) in [4.78, 5) is 2.55. The Hall–Kier alpha value is -1.58. The van der Waals surface area contributed by atoms with Crippen molar-refractivity contribution >= 4 is 22.3 Å². The second-order valence-electron chi connectivity index (χ2n) is 4.63. The monoisotopic (exact) mass is 272 g/mol. The largest absolute Gasteiger partial charge is 0.458 e. The lowest BCUT2D eigenvalue weighted by Gasteiger charge is -2.05. The number of hydrogen-bond donors (Lipinski definition) is 1. The van der Waals surface area contributed by atoms with Crippen LogP contribution in [0.3, 0.4) is 0 Å². The maximum atomic E-state index is 10.3. The molecule has 0 aliphatic rings. The number of fused-ring (bicyclic) bond motifs is 1. The molecule has 0 aliphatic heterocycles. The molecular formula is C16H16O2S. The Morgan fingerprint density at radius 1 is 1.16 bits per heavy atom. The van der Waals surface area contributed by atoms with Gasteiger partial charge in [0.05, 0.1) is 0 Å². The van der Waals surface area contributed by atoms with Crippen molar-refractivity contribution in [1.82, 2.24) is 0 Å². The highest BCUT2D eigenvalue weighted by Crippen LogP contribution is 2.28. The highest BCUT2D eigenvalue weighted by Gasteiger charge is 2.14. The highest BCUT2D eigenvalue weighted by atomic mass is 32.1. The first-order chi connectivity index (χ1) is 9.26. The Morgan fingerprint density at radius 3 is 2.68 bits per heavy atom. The number of hydrogen-bond acceptors (Lipinski definition) is 3. The van der Waals surface area contributed by atoms with Crippen molar-refractivity contribution in [2.45, 2.75) is 25.9 Å². The van der Waals surface area contributed by atoms with Crippen molar-refractivity contribution in [3.63, 3.8) is 0 Å². The molecule has 2 nitrogen and oxygen atoms in total. The molecule has 3 aromatic rings. The van der Waals surface area contributed by atoms with Crippen molar-refractivity contribution in [2.75, 3.05) is 0 Å². The quantitative estimate of drug-likeness (QED) is 0.766. The third-order valence-corrected chi connectivity index (χ3v) is 4.49. The molecule has 0 saturated carbocycles. The summed E-state index contributed by atoms with van der Waals surface area (Å²) in [7, 11) is 0. The van der Waals surface area contributed by atoms with Crippen LogP contribution in [0.2, 0.25) is 0 Å². The summed E-state index contributed by atoms with van der Waals surface area (Å²) >= 11 is 1.76. The zero-order chi connectivity index (χ0) is 13.2. The second-order valence-corrected chi connectivity index (χ2v) is 5.88. The van der Waals surface area contributed by atoms with E-state index in [-0.39, 0.29) is 0 Å². The molecule has 3 rings (SSSR count). The molecule has 2 aromatic heterocycles. The van der Waals surface area contributed by atoms with Crippen molar-refractivity contribution in [3.05, 3.63) is 58.0 Å². The van der Waals surface area contributed by atoms with Gasteiger partial charge < -0.3 is 9.52 Å². The Bertz CT molecular complexity index is 648. The lowest BCUT2D eigenvalue weighted by atomic mass is 10.1. The molecule has 0 spiro atoms. The fraction of sp³-hybridized carbons (Fsp3) is 0.250. The zero-order valence-electron chi connectivity index (χ0n) is 10.8. The van der Waals surface area contributed by atoms with Gasteiger partial charge in [0, 0.05) is 21.6 Å². The molecule has 1 unspecified atom stereocenters. The number of para-hydroxylation sites is 1. The number of benzene rings is 1. The average molecular weight is 272 g/mol. The van der Waals surface area contributed by atoms with E-state index in [0.29, 0.717) is 12.2 Å². The van der Waals surface area contributed by atoms with Crippen LogP contribution in [0, 0.1) is 0 Å². The van der Waals surface area contributed by atoms with E-state index in [1.807, 2.05) is 30.3 Å². The van der Waals surface area contributed by atoms with Gasteiger partial charge in [0.25, 0.3) is 0 Å². The third kappa shape index (κ3) is 2.57. The number of aliphatic hydroxyl groups is 1. The number of rotatable bonds is 4. The van der Waals surface area contributed by atoms with E-state index < -0.39 is 6.10 Å². The SMILES string of the molecule is CCc1ccc(CC(O)c2cc3ccccc3o2)s1. The molecule has 0 bridgehead atoms. The number of furan rings is 1. The van der Waals surface area contributed by atoms with Crippen LogP contribution < -0.4 is 0 Å². The van der Waals surface area contributed by atoms with Gasteiger partial charge in [-0.25, -0.2) is 0 Å². The Morgan fingerprint density at radius 2 is 1.95 bits per heavy atom. The highest BCUT2D eigenvalue weighted by molar-refractivity contribution is 7.11. The van der Waals surface area contributed by atoms with Crippen LogP contribution in [-0.4, -0.2) is 5.11 Å². The summed E-state index contributed by atoms with van der Waals surface area (Å²) in [5.41, 5.74) is 0.831. The Kier molecular flexibility index (Phi) is 3.40. The summed E-state index contributed by atoms with van der Waals surface area (Å²) in [6, 6.07) is 14.0. The minimum absolute atomic E-state index is 0.573. The molecule has 0 fully saturated rings. The minimum Gasteiger partial charge on any atom is -0.458 e. The van der Waals surface area contributed by atoms with Crippen molar-refractivity contribution in [2.24, 2.45) is 0 Å². The fourth-order valence-corrected chi connectivity index (χ4v) is 3.17. The lowest BCUT2D eigenvalue weighted by Crippen LogP contribution is -1.98. The van der Waals surface area contributed by atoms with Crippen LogP contribution in [0.1, 0.15) is 28.5 Å². The fourth-order valence-electron chi connectivity index (χ4n) is 2.18. The molecule has 0 aliphatic carbocycles. The van der Waals surface area contributed by atoms with E-state index in [2.05, 4.69) is 19.1 Å². The molecular weight excluding hydrogens is 256 g/mol. The van der Waals surface area contributed by atoms with Crippen LogP contribution in [0.5, 0.6) is 0 Å². The molecule has 19 heavy (non-hydrogen) atoms. The first-order valence-electron chi connectivity index (χ1n) is 6.50. The molecule has 1 N–H and O–H groups in total. The van der Waals surface area contributed by atoms with Gasteiger partial charge in [0.2, 0.25) is 0 Å². The first kappa shape index (κ1) is 12.5. The van der Waals surface area contributed by atoms with Gasteiger partial charge in [-0.05, 0) is 30.7 Å². The van der Waals surface area contributed by atoms with E-state index in [1.165, 1.54) is 9.75 Å². The summed E-state index contributed by atoms with van der Waals surface area (Å²) in [6.45, 7) is 2.14. The van der Waals surface area contributed by atoms with Crippen molar-refractivity contribution < 1.29 is 9.52 Å². The smallest absolute Gasteiger partial charge is 0.134 e. The summed E-state index contributed by atoms with van der Waals surface area (Å²) in [5, 5.41) is 11.3. The maximum Gasteiger partial charge on any atom is 0.134 e. The van der Waals surface area contributed by atoms with Crippen LogP contribution in [0.4, 0.5) is 0 Å². The maximum absolute atomic E-state index is 10.3. The normalized spacial score (nSPS) is 12.9. The summed E-state index contributed by atoms with van der Waals surface area (Å²) in [5.74, 6) is 0.646. The van der Waals surface area contributed by atoms with Gasteiger partial charge in [0.1, 0.15) is 17.4 Å². The van der Waals surface area contributed by atoms with Crippen molar-refractivity contribution in [1.29, 1.82) is 0 Å². The molecule has 1 atom stereocenters. The van der Waals surface area contributed by atoms with Crippen LogP contribution in [0.15, 0.2) is 46.9 Å². The van der Waals surface area contributed by atoms with Gasteiger partial charge >= 0.3 is 0 Å². The third-order valence-electron chi connectivity index (χ3n) is 3.23. The summed E-state index contributed by atoms with van der Waals surface area (Å²) < 4.78 is 5.69. The van der Waals surface area contributed by atoms with E-state index in [1.54, 1.807) is 11.3 Å².